The van der Waals surface area contributed by atoms with Crippen molar-refractivity contribution in [3.05, 3.63) is 36.9 Å². The summed E-state index contributed by atoms with van der Waals surface area (Å²) in [4.78, 5) is 14.1. The molecule has 1 aromatic heterocycles. The van der Waals surface area contributed by atoms with Gasteiger partial charge in [0.15, 0.2) is 11.0 Å². The molecular formula is C22H30N4O3S. The fourth-order valence-corrected chi connectivity index (χ4v) is 4.37. The molecule has 1 aliphatic heterocycles. The van der Waals surface area contributed by atoms with Crippen molar-refractivity contribution in [2.24, 2.45) is 5.92 Å². The first-order chi connectivity index (χ1) is 14.3. The van der Waals surface area contributed by atoms with Crippen LogP contribution in [0.5, 0.6) is 5.75 Å². The summed E-state index contributed by atoms with van der Waals surface area (Å²) < 4.78 is 12.8. The van der Waals surface area contributed by atoms with Gasteiger partial charge in [-0.15, -0.1) is 16.8 Å². The maximum absolute atomic E-state index is 12.3. The van der Waals surface area contributed by atoms with Gasteiger partial charge in [0.05, 0.1) is 7.11 Å². The molecule has 1 fully saturated rings. The summed E-state index contributed by atoms with van der Waals surface area (Å²) in [5, 5.41) is 9.67. The molecule has 1 aliphatic rings. The van der Waals surface area contributed by atoms with Crippen molar-refractivity contribution < 1.29 is 14.3 Å². The second kappa shape index (κ2) is 9.55. The van der Waals surface area contributed by atoms with Crippen molar-refractivity contribution in [3.8, 4) is 17.1 Å². The lowest BCUT2D eigenvalue weighted by Crippen LogP contribution is -2.35. The molecule has 3 rings (SSSR count). The predicted molar refractivity (Wildman–Crippen MR) is 119 cm³/mol. The molecule has 0 bridgehead atoms. The van der Waals surface area contributed by atoms with Gasteiger partial charge in [-0.25, -0.2) is 4.79 Å². The highest BCUT2D eigenvalue weighted by Gasteiger charge is 2.30. The number of aromatic nitrogens is 3. The molecule has 1 atom stereocenters. The number of carbonyl (C=O) groups is 1. The minimum absolute atomic E-state index is 0.230. The Hall–Kier alpha value is -2.48. The van der Waals surface area contributed by atoms with Crippen LogP contribution in [0.15, 0.2) is 42.1 Å². The molecule has 8 heteroatoms. The van der Waals surface area contributed by atoms with E-state index in [4.69, 9.17) is 9.47 Å². The largest absolute Gasteiger partial charge is 0.497 e. The van der Waals surface area contributed by atoms with Crippen LogP contribution in [0.1, 0.15) is 27.2 Å². The first kappa shape index (κ1) is 22.2. The van der Waals surface area contributed by atoms with E-state index in [9.17, 15) is 4.79 Å². The van der Waals surface area contributed by atoms with Gasteiger partial charge in [0.25, 0.3) is 0 Å². The smallest absolute Gasteiger partial charge is 0.410 e. The fraction of sp³-hybridized carbons (Fsp3) is 0.500. The number of nitrogens with zero attached hydrogens (tertiary/aromatic N) is 4. The van der Waals surface area contributed by atoms with Crippen molar-refractivity contribution in [3.63, 3.8) is 0 Å². The summed E-state index contributed by atoms with van der Waals surface area (Å²) in [5.41, 5.74) is 0.511. The summed E-state index contributed by atoms with van der Waals surface area (Å²) in [6.07, 6.45) is 2.58. The lowest BCUT2D eigenvalue weighted by atomic mass is 10.2. The van der Waals surface area contributed by atoms with Crippen molar-refractivity contribution in [1.82, 2.24) is 19.7 Å². The van der Waals surface area contributed by atoms with E-state index in [2.05, 4.69) is 21.3 Å². The predicted octanol–water partition coefficient (Wildman–Crippen LogP) is 4.49. The molecule has 1 saturated heterocycles. The average molecular weight is 431 g/mol. The molecule has 7 nitrogen and oxygen atoms in total. The van der Waals surface area contributed by atoms with Gasteiger partial charge in [0, 0.05) is 31.0 Å². The number of rotatable bonds is 7. The Bertz CT molecular complexity index is 873. The molecule has 0 spiro atoms. The highest BCUT2D eigenvalue weighted by Crippen LogP contribution is 2.29. The number of likely N-dealkylation sites (tertiary alicyclic amines) is 1. The second-order valence-corrected chi connectivity index (χ2v) is 9.31. The molecule has 2 aromatic rings. The summed E-state index contributed by atoms with van der Waals surface area (Å²) in [5.74, 6) is 2.89. The molecule has 1 aromatic carbocycles. The molecule has 1 amide bonds. The second-order valence-electron chi connectivity index (χ2n) is 8.33. The van der Waals surface area contributed by atoms with E-state index in [-0.39, 0.29) is 6.09 Å². The summed E-state index contributed by atoms with van der Waals surface area (Å²) in [6.45, 7) is 11.6. The van der Waals surface area contributed by atoms with E-state index in [1.807, 2.05) is 51.1 Å². The van der Waals surface area contributed by atoms with Gasteiger partial charge in [-0.2, -0.15) is 0 Å². The third-order valence-corrected chi connectivity index (χ3v) is 5.96. The maximum atomic E-state index is 12.3. The number of hydrogen-bond acceptors (Lipinski definition) is 6. The number of hydrogen-bond donors (Lipinski definition) is 0. The number of methoxy groups -OCH3 is 1. The molecule has 0 saturated carbocycles. The Kier molecular flexibility index (Phi) is 7.07. The molecule has 0 aliphatic carbocycles. The lowest BCUT2D eigenvalue weighted by Gasteiger charge is -2.24. The number of amides is 1. The third kappa shape index (κ3) is 5.56. The lowest BCUT2D eigenvalue weighted by molar-refractivity contribution is 0.0289. The Balaban J connectivity index is 1.64. The normalized spacial score (nSPS) is 16.5. The molecular weight excluding hydrogens is 400 g/mol. The third-order valence-electron chi connectivity index (χ3n) is 4.76. The standard InChI is InChI=1S/C22H30N4O3S/c1-6-12-26-19(17-7-9-18(28-5)10-8-17)23-24-20(26)30-15-16-11-13-25(14-16)21(27)29-22(2,3)4/h6-10,16H,1,11-15H2,2-5H3/t16-/m0/s1. The van der Waals surface area contributed by atoms with Crippen LogP contribution in [0, 0.1) is 5.92 Å². The van der Waals surface area contributed by atoms with Gasteiger partial charge in [0.1, 0.15) is 11.4 Å². The van der Waals surface area contributed by atoms with E-state index in [1.54, 1.807) is 23.8 Å². The highest BCUT2D eigenvalue weighted by atomic mass is 32.2. The van der Waals surface area contributed by atoms with Crippen LogP contribution in [0.4, 0.5) is 4.79 Å². The van der Waals surface area contributed by atoms with Gasteiger partial charge in [0.2, 0.25) is 0 Å². The first-order valence-electron chi connectivity index (χ1n) is 10.1. The summed E-state index contributed by atoms with van der Waals surface area (Å²) in [6, 6.07) is 7.79. The van der Waals surface area contributed by atoms with E-state index in [1.165, 1.54) is 0 Å². The quantitative estimate of drug-likeness (QED) is 0.476. The van der Waals surface area contributed by atoms with E-state index >= 15 is 0 Å². The number of benzene rings is 1. The maximum Gasteiger partial charge on any atom is 0.410 e. The van der Waals surface area contributed by atoms with Crippen LogP contribution in [0.2, 0.25) is 0 Å². The fourth-order valence-electron chi connectivity index (χ4n) is 3.30. The van der Waals surface area contributed by atoms with Gasteiger partial charge >= 0.3 is 6.09 Å². The van der Waals surface area contributed by atoms with Crippen LogP contribution in [-0.2, 0) is 11.3 Å². The Morgan fingerprint density at radius 3 is 2.67 bits per heavy atom. The first-order valence-corrected chi connectivity index (χ1v) is 11.1. The number of ether oxygens (including phenoxy) is 2. The van der Waals surface area contributed by atoms with Crippen LogP contribution in [0.3, 0.4) is 0 Å². The zero-order valence-electron chi connectivity index (χ0n) is 18.1. The van der Waals surface area contributed by atoms with Gasteiger partial charge in [-0.05, 0) is 57.4 Å². The average Bonchev–Trinajstić information content (AvgIpc) is 3.33. The van der Waals surface area contributed by atoms with E-state index in [0.717, 1.165) is 41.0 Å². The van der Waals surface area contributed by atoms with Crippen molar-refractivity contribution in [2.45, 2.75) is 44.5 Å². The summed E-state index contributed by atoms with van der Waals surface area (Å²) >= 11 is 1.67. The van der Waals surface area contributed by atoms with Crippen molar-refractivity contribution in [2.75, 3.05) is 26.0 Å². The summed E-state index contributed by atoms with van der Waals surface area (Å²) in [7, 11) is 1.65. The Morgan fingerprint density at radius 2 is 2.03 bits per heavy atom. The zero-order valence-corrected chi connectivity index (χ0v) is 18.9. The van der Waals surface area contributed by atoms with Crippen LogP contribution in [-0.4, -0.2) is 57.3 Å². The molecule has 30 heavy (non-hydrogen) atoms. The molecule has 162 valence electrons. The SMILES string of the molecule is C=CCn1c(SC[C@H]2CCN(C(=O)OC(C)(C)C)C2)nnc1-c1ccc(OC)cc1. The highest BCUT2D eigenvalue weighted by molar-refractivity contribution is 7.99. The van der Waals surface area contributed by atoms with Gasteiger partial charge in [-0.1, -0.05) is 17.8 Å². The van der Waals surface area contributed by atoms with E-state index < -0.39 is 5.60 Å². The number of allylic oxidation sites excluding steroid dienone is 1. The molecule has 0 radical (unpaired) electrons. The Morgan fingerprint density at radius 1 is 1.30 bits per heavy atom. The minimum atomic E-state index is -0.469. The Labute approximate surface area is 182 Å². The monoisotopic (exact) mass is 430 g/mol. The number of carbonyl (C=O) groups excluding carboxylic acids is 1. The minimum Gasteiger partial charge on any atom is -0.497 e. The van der Waals surface area contributed by atoms with E-state index in [0.29, 0.717) is 19.0 Å². The molecule has 2 heterocycles. The molecule has 0 unspecified atom stereocenters. The molecule has 0 N–H and O–H groups in total. The van der Waals surface area contributed by atoms with Gasteiger partial charge in [-0.3, -0.25) is 4.57 Å². The van der Waals surface area contributed by atoms with Crippen molar-refractivity contribution >= 4 is 17.9 Å². The van der Waals surface area contributed by atoms with Gasteiger partial charge < -0.3 is 14.4 Å². The van der Waals surface area contributed by atoms with Crippen LogP contribution in [0.25, 0.3) is 11.4 Å². The topological polar surface area (TPSA) is 69.5 Å². The van der Waals surface area contributed by atoms with Crippen LogP contribution < -0.4 is 4.74 Å². The van der Waals surface area contributed by atoms with Crippen LogP contribution >= 0.6 is 11.8 Å². The number of thioether (sulfide) groups is 1. The van der Waals surface area contributed by atoms with Crippen molar-refractivity contribution in [1.29, 1.82) is 0 Å². The zero-order chi connectivity index (χ0) is 21.7.